The van der Waals surface area contributed by atoms with Crippen molar-refractivity contribution in [3.05, 3.63) is 85.0 Å². The summed E-state index contributed by atoms with van der Waals surface area (Å²) in [4.78, 5) is 0. The third kappa shape index (κ3) is 7.62. The molecule has 0 N–H and O–H groups in total. The van der Waals surface area contributed by atoms with Crippen molar-refractivity contribution in [1.29, 1.82) is 0 Å². The minimum absolute atomic E-state index is 0.313. The lowest BCUT2D eigenvalue weighted by Gasteiger charge is -2.38. The Morgan fingerprint density at radius 3 is 1.14 bits per heavy atom. The second-order valence-electron chi connectivity index (χ2n) is 15.3. The SMILES string of the molecule is COP(OCC1C2CC(C(C)C2C)C1COP(Oc1cc(C)c(C)c(C)c1C)Oc1cc(C)c(C)c(C)c1C)Oc1cc(C)c(C)c(C)c1C. The Balaban J connectivity index is 1.38. The molecule has 2 fully saturated rings. The lowest BCUT2D eigenvalue weighted by molar-refractivity contribution is 0.0399. The topological polar surface area (TPSA) is 55.4 Å². The van der Waals surface area contributed by atoms with Crippen LogP contribution >= 0.6 is 17.2 Å². The van der Waals surface area contributed by atoms with Gasteiger partial charge in [0.1, 0.15) is 17.2 Å². The Hall–Kier alpha value is -2.20. The van der Waals surface area contributed by atoms with Crippen molar-refractivity contribution >= 4 is 17.2 Å². The van der Waals surface area contributed by atoms with Crippen LogP contribution in [-0.4, -0.2) is 20.3 Å². The summed E-state index contributed by atoms with van der Waals surface area (Å²) in [5, 5.41) is 0. The van der Waals surface area contributed by atoms with Crippen LogP contribution in [0.3, 0.4) is 0 Å². The lowest BCUT2D eigenvalue weighted by atomic mass is 9.70. The largest absolute Gasteiger partial charge is 0.463 e. The van der Waals surface area contributed by atoms with Crippen molar-refractivity contribution in [2.75, 3.05) is 20.3 Å². The monoisotopic (exact) mass is 722 g/mol. The number of hydrogen-bond donors (Lipinski definition) is 0. The Bertz CT molecular complexity index is 1650. The van der Waals surface area contributed by atoms with Crippen molar-refractivity contribution in [1.82, 2.24) is 0 Å². The van der Waals surface area contributed by atoms with E-state index in [1.54, 1.807) is 7.11 Å². The molecule has 0 spiro atoms. The molecule has 0 radical (unpaired) electrons. The minimum Gasteiger partial charge on any atom is -0.426 e. The fraction of sp³-hybridized carbons (Fsp3) is 0.571. The maximum Gasteiger partial charge on any atom is 0.463 e. The first-order valence-corrected chi connectivity index (χ1v) is 20.4. The van der Waals surface area contributed by atoms with Gasteiger partial charge in [-0.15, -0.1) is 0 Å². The molecule has 50 heavy (non-hydrogen) atoms. The van der Waals surface area contributed by atoms with Crippen LogP contribution in [0, 0.1) is 119 Å². The molecule has 0 amide bonds. The van der Waals surface area contributed by atoms with E-state index in [0.717, 1.165) is 33.9 Å². The van der Waals surface area contributed by atoms with Crippen LogP contribution in [0.25, 0.3) is 0 Å². The van der Waals surface area contributed by atoms with Crippen LogP contribution in [0.15, 0.2) is 18.2 Å². The van der Waals surface area contributed by atoms with Crippen molar-refractivity contribution in [2.45, 2.75) is 103 Å². The molecule has 0 aromatic heterocycles. The molecule has 2 bridgehead atoms. The molecule has 2 aliphatic rings. The summed E-state index contributed by atoms with van der Waals surface area (Å²) >= 11 is 0. The number of fused-ring (bicyclic) bond motifs is 2. The average Bonchev–Trinajstić information content (AvgIpc) is 3.60. The van der Waals surface area contributed by atoms with Crippen LogP contribution in [-0.2, 0) is 13.6 Å². The smallest absolute Gasteiger partial charge is 0.426 e. The van der Waals surface area contributed by atoms with E-state index >= 15 is 0 Å². The highest BCUT2D eigenvalue weighted by Gasteiger charge is 2.55. The number of aryl methyl sites for hydroxylation is 3. The van der Waals surface area contributed by atoms with Gasteiger partial charge in [0.05, 0.1) is 13.2 Å². The number of rotatable bonds is 13. The van der Waals surface area contributed by atoms with Gasteiger partial charge in [-0.05, 0) is 210 Å². The van der Waals surface area contributed by atoms with Crippen LogP contribution in [0.1, 0.15) is 87.0 Å². The molecule has 3 aromatic carbocycles. The van der Waals surface area contributed by atoms with E-state index in [4.69, 9.17) is 27.1 Å². The number of hydrogen-bond acceptors (Lipinski definition) is 6. The Labute approximate surface area is 304 Å². The fourth-order valence-corrected chi connectivity index (χ4v) is 10.3. The fourth-order valence-electron chi connectivity index (χ4n) is 8.31. The van der Waals surface area contributed by atoms with Crippen LogP contribution in [0.4, 0.5) is 0 Å². The zero-order valence-electron chi connectivity index (χ0n) is 33.2. The maximum atomic E-state index is 6.82. The molecule has 0 aliphatic heterocycles. The third-order valence-electron chi connectivity index (χ3n) is 13.1. The molecule has 7 atom stereocenters. The number of benzene rings is 3. The third-order valence-corrected chi connectivity index (χ3v) is 15.1. The van der Waals surface area contributed by atoms with E-state index in [1.165, 1.54) is 56.5 Å². The summed E-state index contributed by atoms with van der Waals surface area (Å²) in [6.07, 6.45) is 1.19. The van der Waals surface area contributed by atoms with Gasteiger partial charge in [0.15, 0.2) is 0 Å². The highest BCUT2D eigenvalue weighted by molar-refractivity contribution is 7.42. The van der Waals surface area contributed by atoms with Gasteiger partial charge in [-0.1, -0.05) is 13.8 Å². The highest BCUT2D eigenvalue weighted by Crippen LogP contribution is 2.60. The Morgan fingerprint density at radius 1 is 0.480 bits per heavy atom. The molecule has 0 heterocycles. The van der Waals surface area contributed by atoms with Gasteiger partial charge in [-0.2, -0.15) is 0 Å². The van der Waals surface area contributed by atoms with Gasteiger partial charge in [0.25, 0.3) is 0 Å². The quantitative estimate of drug-likeness (QED) is 0.164. The second-order valence-corrected chi connectivity index (χ2v) is 17.6. The van der Waals surface area contributed by atoms with Crippen LogP contribution in [0.5, 0.6) is 17.2 Å². The molecular formula is C42H60O6P2. The molecule has 3 aromatic rings. The highest BCUT2D eigenvalue weighted by atomic mass is 31.2. The van der Waals surface area contributed by atoms with Crippen molar-refractivity contribution < 1.29 is 27.1 Å². The molecule has 8 heteroatoms. The Morgan fingerprint density at radius 2 is 0.800 bits per heavy atom. The van der Waals surface area contributed by atoms with Crippen LogP contribution in [0.2, 0.25) is 0 Å². The van der Waals surface area contributed by atoms with Crippen LogP contribution < -0.4 is 13.6 Å². The zero-order valence-corrected chi connectivity index (χ0v) is 35.0. The summed E-state index contributed by atoms with van der Waals surface area (Å²) in [5.74, 6) is 5.48. The predicted molar refractivity (Wildman–Crippen MR) is 208 cm³/mol. The summed E-state index contributed by atoms with van der Waals surface area (Å²) in [6, 6.07) is 6.36. The molecular weight excluding hydrogens is 662 g/mol. The minimum atomic E-state index is -1.74. The normalized spacial score (nSPS) is 23.5. The molecule has 2 saturated carbocycles. The lowest BCUT2D eigenvalue weighted by Crippen LogP contribution is -2.37. The van der Waals surface area contributed by atoms with Crippen molar-refractivity contribution in [2.24, 2.45) is 35.5 Å². The predicted octanol–water partition coefficient (Wildman–Crippen LogP) is 12.2. The zero-order chi connectivity index (χ0) is 36.8. The Kier molecular flexibility index (Phi) is 12.3. The second kappa shape index (κ2) is 15.8. The van der Waals surface area contributed by atoms with E-state index in [0.29, 0.717) is 48.7 Å². The van der Waals surface area contributed by atoms with E-state index < -0.39 is 17.2 Å². The van der Waals surface area contributed by atoms with Crippen molar-refractivity contribution in [3.8, 4) is 17.2 Å². The van der Waals surface area contributed by atoms with Gasteiger partial charge >= 0.3 is 17.2 Å². The molecule has 6 nitrogen and oxygen atoms in total. The van der Waals surface area contributed by atoms with E-state index in [2.05, 4.69) is 115 Å². The van der Waals surface area contributed by atoms with Crippen molar-refractivity contribution in [3.63, 3.8) is 0 Å². The maximum absolute atomic E-state index is 6.82. The molecule has 2 aliphatic carbocycles. The first-order valence-electron chi connectivity index (χ1n) is 18.2. The van der Waals surface area contributed by atoms with E-state index in [-0.39, 0.29) is 0 Å². The van der Waals surface area contributed by atoms with E-state index in [9.17, 15) is 0 Å². The molecule has 0 saturated heterocycles. The summed E-state index contributed by atoms with van der Waals surface area (Å²) < 4.78 is 39.0. The molecule has 274 valence electrons. The summed E-state index contributed by atoms with van der Waals surface area (Å²) in [7, 11) is -1.62. The van der Waals surface area contributed by atoms with Gasteiger partial charge in [-0.3, -0.25) is 4.52 Å². The van der Waals surface area contributed by atoms with Gasteiger partial charge in [-0.25, -0.2) is 0 Å². The van der Waals surface area contributed by atoms with Gasteiger partial charge in [0.2, 0.25) is 0 Å². The first kappa shape index (κ1) is 39.0. The standard InChI is InChI=1S/C42H60O6P2/c1-22-16-40(33(12)28(7)25(22)4)46-49(43-15)44-20-38-36-19-37(32(11)31(36)10)39(38)21-45-50(47-41-17-23(2)26(5)29(8)34(41)13)48-42-18-24(3)27(6)30(9)35(42)14/h16-18,31-32,36-39H,19-21H2,1-15H3. The molecule has 7 unspecified atom stereocenters. The van der Waals surface area contributed by atoms with Gasteiger partial charge in [0, 0.05) is 7.11 Å². The first-order chi connectivity index (χ1) is 23.5. The summed E-state index contributed by atoms with van der Waals surface area (Å²) in [6.45, 7) is 31.7. The summed E-state index contributed by atoms with van der Waals surface area (Å²) in [5.41, 5.74) is 14.6. The van der Waals surface area contributed by atoms with Gasteiger partial charge < -0.3 is 22.6 Å². The van der Waals surface area contributed by atoms with E-state index in [1.807, 2.05) is 0 Å². The average molecular weight is 723 g/mol. The molecule has 5 rings (SSSR count).